The van der Waals surface area contributed by atoms with Crippen LogP contribution in [0.5, 0.6) is 0 Å². The van der Waals surface area contributed by atoms with Crippen molar-refractivity contribution in [2.75, 3.05) is 31.6 Å². The van der Waals surface area contributed by atoms with E-state index in [1.54, 1.807) is 24.3 Å². The Balaban J connectivity index is 1.34. The Labute approximate surface area is 197 Å². The summed E-state index contributed by atoms with van der Waals surface area (Å²) in [6.07, 6.45) is 11.5. The van der Waals surface area contributed by atoms with Crippen molar-refractivity contribution in [3.63, 3.8) is 0 Å². The highest BCUT2D eigenvalue weighted by Crippen LogP contribution is 2.36. The first kappa shape index (κ1) is 23.6. The molecule has 3 aliphatic rings. The van der Waals surface area contributed by atoms with Crippen LogP contribution in [0.15, 0.2) is 34.3 Å². The van der Waals surface area contributed by atoms with Crippen LogP contribution in [-0.4, -0.2) is 49.9 Å². The van der Waals surface area contributed by atoms with E-state index in [1.165, 1.54) is 61.4 Å². The summed E-state index contributed by atoms with van der Waals surface area (Å²) in [4.78, 5) is 0.279. The van der Waals surface area contributed by atoms with Crippen LogP contribution in [0, 0.1) is 11.8 Å². The van der Waals surface area contributed by atoms with E-state index in [4.69, 9.17) is 22.1 Å². The Hall–Kier alpha value is -1.55. The van der Waals surface area contributed by atoms with Gasteiger partial charge in [-0.15, -0.1) is 0 Å². The van der Waals surface area contributed by atoms with Crippen molar-refractivity contribution in [3.05, 3.63) is 24.3 Å². The molecule has 32 heavy (non-hydrogen) atoms. The number of hydrogen-bond acceptors (Lipinski definition) is 5. The van der Waals surface area contributed by atoms with Gasteiger partial charge in [-0.2, -0.15) is 9.41 Å². The number of nitrogens with zero attached hydrogens (tertiary/aromatic N) is 2. The Morgan fingerprint density at radius 2 is 1.69 bits per heavy atom. The molecule has 2 N–H and O–H groups in total. The third kappa shape index (κ3) is 5.87. The van der Waals surface area contributed by atoms with Gasteiger partial charge in [0.05, 0.1) is 18.1 Å². The number of benzene rings is 1. The highest BCUT2D eigenvalue weighted by molar-refractivity contribution is 7.89. The van der Waals surface area contributed by atoms with Gasteiger partial charge in [0.15, 0.2) is 5.11 Å². The summed E-state index contributed by atoms with van der Waals surface area (Å²) in [5.41, 5.74) is 5.03. The molecule has 1 aromatic carbocycles. The van der Waals surface area contributed by atoms with E-state index in [0.717, 1.165) is 18.0 Å². The Morgan fingerprint density at radius 3 is 2.41 bits per heavy atom. The number of hydrogen-bond donors (Lipinski definition) is 2. The lowest BCUT2D eigenvalue weighted by Gasteiger charge is -2.34. The van der Waals surface area contributed by atoms with Crippen LogP contribution >= 0.6 is 12.2 Å². The average molecular weight is 479 g/mol. The molecule has 7 nitrogen and oxygen atoms in total. The third-order valence-electron chi connectivity index (χ3n) is 6.87. The third-order valence-corrected chi connectivity index (χ3v) is 8.97. The fourth-order valence-corrected chi connectivity index (χ4v) is 6.70. The van der Waals surface area contributed by atoms with Gasteiger partial charge in [-0.1, -0.05) is 25.7 Å². The summed E-state index contributed by atoms with van der Waals surface area (Å²) in [6.45, 7) is 1.64. The molecule has 0 spiro atoms. The van der Waals surface area contributed by atoms with Crippen molar-refractivity contribution < 1.29 is 13.2 Å². The van der Waals surface area contributed by atoms with Crippen LogP contribution in [0.2, 0.25) is 0 Å². The fourth-order valence-electron chi connectivity index (χ4n) is 5.13. The number of ether oxygens (including phenoxy) is 1. The van der Waals surface area contributed by atoms with E-state index in [-0.39, 0.29) is 4.90 Å². The molecule has 2 saturated carbocycles. The monoisotopic (exact) mass is 478 g/mol. The molecule has 3 fully saturated rings. The number of nitrogens with one attached hydrogen (secondary N) is 2. The zero-order valence-corrected chi connectivity index (χ0v) is 20.2. The highest BCUT2D eigenvalue weighted by atomic mass is 32.2. The van der Waals surface area contributed by atoms with Gasteiger partial charge < -0.3 is 10.1 Å². The number of sulfonamides is 1. The van der Waals surface area contributed by atoms with Gasteiger partial charge in [0.1, 0.15) is 0 Å². The Kier molecular flexibility index (Phi) is 8.15. The quantitative estimate of drug-likeness (QED) is 0.489. The topological polar surface area (TPSA) is 83.0 Å². The molecule has 1 aliphatic heterocycles. The van der Waals surface area contributed by atoms with Gasteiger partial charge in [0.25, 0.3) is 0 Å². The van der Waals surface area contributed by atoms with Crippen LogP contribution in [0.25, 0.3) is 0 Å². The molecule has 0 radical (unpaired) electrons. The van der Waals surface area contributed by atoms with Gasteiger partial charge >= 0.3 is 0 Å². The standard InChI is InChI=1S/C23H34N4O3S2/c28-32(29,27-14-16-30-17-15-27)20-12-10-19(11-13-20)24-23(31)26-25-22-9-5-4-8-21(22)18-6-2-1-3-7-18/h10-13,18,21H,1-9,14-17H2,(H2,24,26,31). The Bertz CT molecular complexity index is 906. The molecule has 1 saturated heterocycles. The molecule has 4 rings (SSSR count). The van der Waals surface area contributed by atoms with Gasteiger partial charge in [0, 0.05) is 30.4 Å². The van der Waals surface area contributed by atoms with Crippen molar-refractivity contribution >= 4 is 38.8 Å². The lowest BCUT2D eigenvalue weighted by molar-refractivity contribution is 0.0730. The van der Waals surface area contributed by atoms with Crippen molar-refractivity contribution in [1.82, 2.24) is 9.73 Å². The fraction of sp³-hybridized carbons (Fsp3) is 0.652. The smallest absolute Gasteiger partial charge is 0.243 e. The first-order valence-electron chi connectivity index (χ1n) is 11.9. The largest absolute Gasteiger partial charge is 0.379 e. The molecule has 2 aliphatic carbocycles. The molecule has 9 heteroatoms. The molecule has 1 atom stereocenters. The van der Waals surface area contributed by atoms with E-state index in [1.807, 2.05) is 0 Å². The molecule has 0 amide bonds. The first-order valence-corrected chi connectivity index (χ1v) is 13.7. The molecule has 0 bridgehead atoms. The number of rotatable bonds is 5. The second kappa shape index (κ2) is 11.0. The summed E-state index contributed by atoms with van der Waals surface area (Å²) < 4.78 is 32.2. The molecule has 176 valence electrons. The maximum atomic E-state index is 12.8. The van der Waals surface area contributed by atoms with Gasteiger partial charge in [-0.25, -0.2) is 8.42 Å². The average Bonchev–Trinajstić information content (AvgIpc) is 2.84. The van der Waals surface area contributed by atoms with Crippen LogP contribution in [0.3, 0.4) is 0 Å². The second-order valence-corrected chi connectivity index (χ2v) is 11.3. The maximum Gasteiger partial charge on any atom is 0.243 e. The molecule has 0 aromatic heterocycles. The molecular weight excluding hydrogens is 444 g/mol. The summed E-state index contributed by atoms with van der Waals surface area (Å²) >= 11 is 5.44. The van der Waals surface area contributed by atoms with Crippen LogP contribution in [0.4, 0.5) is 5.69 Å². The molecule has 1 unspecified atom stereocenters. The maximum absolute atomic E-state index is 12.8. The SMILES string of the molecule is O=S(=O)(c1ccc(NC(=S)NN=C2CCCCC2C2CCCCC2)cc1)N1CCOCC1. The predicted octanol–water partition coefficient (Wildman–Crippen LogP) is 4.12. The summed E-state index contributed by atoms with van der Waals surface area (Å²) in [6, 6.07) is 6.70. The first-order chi connectivity index (χ1) is 15.5. The van der Waals surface area contributed by atoms with Crippen molar-refractivity contribution in [2.24, 2.45) is 16.9 Å². The summed E-state index contributed by atoms with van der Waals surface area (Å²) in [5, 5.41) is 8.25. The van der Waals surface area contributed by atoms with E-state index >= 15 is 0 Å². The van der Waals surface area contributed by atoms with Crippen LogP contribution in [0.1, 0.15) is 57.8 Å². The van der Waals surface area contributed by atoms with Gasteiger partial charge in [0.2, 0.25) is 10.0 Å². The lowest BCUT2D eigenvalue weighted by atomic mass is 9.72. The van der Waals surface area contributed by atoms with Crippen molar-refractivity contribution in [1.29, 1.82) is 0 Å². The number of thiocarbonyl (C=S) groups is 1. The summed E-state index contributed by atoms with van der Waals surface area (Å²) in [7, 11) is -3.49. The van der Waals surface area contributed by atoms with Crippen LogP contribution < -0.4 is 10.7 Å². The minimum absolute atomic E-state index is 0.279. The van der Waals surface area contributed by atoms with E-state index in [2.05, 4.69) is 10.7 Å². The minimum Gasteiger partial charge on any atom is -0.379 e. The Morgan fingerprint density at radius 1 is 1.00 bits per heavy atom. The van der Waals surface area contributed by atoms with E-state index in [9.17, 15) is 8.42 Å². The lowest BCUT2D eigenvalue weighted by Crippen LogP contribution is -2.40. The minimum atomic E-state index is -3.49. The number of hydrazone groups is 1. The highest BCUT2D eigenvalue weighted by Gasteiger charge is 2.30. The molecule has 1 heterocycles. The van der Waals surface area contributed by atoms with Gasteiger partial charge in [-0.3, -0.25) is 5.43 Å². The number of morpholine rings is 1. The van der Waals surface area contributed by atoms with Crippen molar-refractivity contribution in [2.45, 2.75) is 62.7 Å². The predicted molar refractivity (Wildman–Crippen MR) is 131 cm³/mol. The second-order valence-electron chi connectivity index (χ2n) is 8.96. The molecule has 1 aromatic rings. The van der Waals surface area contributed by atoms with Crippen molar-refractivity contribution in [3.8, 4) is 0 Å². The van der Waals surface area contributed by atoms with Crippen LogP contribution in [-0.2, 0) is 14.8 Å². The zero-order chi connectivity index (χ0) is 22.4. The summed E-state index contributed by atoms with van der Waals surface area (Å²) in [5.74, 6) is 1.36. The molecular formula is C23H34N4O3S2. The van der Waals surface area contributed by atoms with E-state index < -0.39 is 10.0 Å². The zero-order valence-electron chi connectivity index (χ0n) is 18.6. The normalized spacial score (nSPS) is 24.9. The van der Waals surface area contributed by atoms with Gasteiger partial charge in [-0.05, 0) is 74.5 Å². The number of anilines is 1. The van der Waals surface area contributed by atoms with E-state index in [0.29, 0.717) is 37.3 Å².